The topological polar surface area (TPSA) is 159 Å². The predicted octanol–water partition coefficient (Wildman–Crippen LogP) is 3.95. The van der Waals surface area contributed by atoms with E-state index in [1.54, 1.807) is 12.1 Å². The number of aliphatic hydroxyl groups excluding tert-OH is 1. The van der Waals surface area contributed by atoms with Gasteiger partial charge >= 0.3 is 0 Å². The van der Waals surface area contributed by atoms with Crippen molar-refractivity contribution in [1.29, 1.82) is 0 Å². The number of rotatable bonds is 13. The van der Waals surface area contributed by atoms with E-state index in [9.17, 15) is 4.79 Å². The van der Waals surface area contributed by atoms with E-state index in [0.717, 1.165) is 16.7 Å². The number of hydrogen-bond donors (Lipinski definition) is 3. The first-order valence-corrected chi connectivity index (χ1v) is 13.6. The van der Waals surface area contributed by atoms with Crippen LogP contribution in [0.25, 0.3) is 10.4 Å². The van der Waals surface area contributed by atoms with Crippen LogP contribution in [0.4, 0.5) is 0 Å². The summed E-state index contributed by atoms with van der Waals surface area (Å²) in [6.45, 7) is 2.96. The van der Waals surface area contributed by atoms with Gasteiger partial charge < -0.3 is 24.1 Å². The summed E-state index contributed by atoms with van der Waals surface area (Å²) >= 11 is 0. The summed E-state index contributed by atoms with van der Waals surface area (Å²) in [5, 5.41) is 12.7. The number of amides is 1. The normalized spacial score (nSPS) is 18.5. The van der Waals surface area contributed by atoms with Crippen molar-refractivity contribution < 1.29 is 28.8 Å². The van der Waals surface area contributed by atoms with Crippen molar-refractivity contribution in [3.05, 3.63) is 99.4 Å². The van der Waals surface area contributed by atoms with Crippen LogP contribution in [-0.2, 0) is 29.0 Å². The highest BCUT2D eigenvalue weighted by molar-refractivity contribution is 6.00. The Bertz CT molecular complexity index is 1490. The Balaban J connectivity index is 1.39. The van der Waals surface area contributed by atoms with Crippen LogP contribution < -0.4 is 25.1 Å². The molecule has 0 radical (unpaired) electrons. The molecule has 5 rings (SSSR count). The highest BCUT2D eigenvalue weighted by Gasteiger charge is 2.50. The number of carbonyl (C=O) groups excluding carboxylic acids is 1. The molecule has 0 aromatic heterocycles. The van der Waals surface area contributed by atoms with E-state index in [4.69, 9.17) is 34.6 Å². The first-order valence-electron chi connectivity index (χ1n) is 13.6. The molecule has 0 unspecified atom stereocenters. The van der Waals surface area contributed by atoms with Crippen LogP contribution in [0.15, 0.2) is 76.8 Å². The van der Waals surface area contributed by atoms with Crippen LogP contribution >= 0.6 is 0 Å². The molecule has 0 aliphatic carbocycles. The van der Waals surface area contributed by atoms with Crippen LogP contribution in [-0.4, -0.2) is 48.6 Å². The second kappa shape index (κ2) is 13.3. The lowest BCUT2D eigenvalue weighted by atomic mass is 9.84. The highest BCUT2D eigenvalue weighted by Crippen LogP contribution is 2.34. The second-order valence-electron chi connectivity index (χ2n) is 9.88. The zero-order valence-electron chi connectivity index (χ0n) is 23.2. The Morgan fingerprint density at radius 2 is 1.93 bits per heavy atom. The smallest absolute Gasteiger partial charge is 0.266 e. The zero-order chi connectivity index (χ0) is 29.4. The first-order chi connectivity index (χ1) is 20.5. The average Bonchev–Trinajstić information content (AvgIpc) is 3.61. The number of ether oxygens (including phenoxy) is 4. The molecule has 0 fully saturated rings. The molecule has 0 saturated carbocycles. The third-order valence-electron chi connectivity index (χ3n) is 7.14. The number of nitrogens with one attached hydrogen (secondary N) is 2. The van der Waals surface area contributed by atoms with E-state index in [-0.39, 0.29) is 32.3 Å². The molecule has 12 heteroatoms. The third kappa shape index (κ3) is 6.41. The number of fused-ring (bicyclic) bond motifs is 1. The molecule has 218 valence electrons. The third-order valence-corrected chi connectivity index (χ3v) is 7.14. The molecule has 0 bridgehead atoms. The number of benzene rings is 3. The molecule has 42 heavy (non-hydrogen) atoms. The fourth-order valence-electron chi connectivity index (χ4n) is 4.81. The molecule has 1 amide bonds. The van der Waals surface area contributed by atoms with E-state index in [0.29, 0.717) is 48.3 Å². The van der Waals surface area contributed by atoms with Crippen molar-refractivity contribution in [2.45, 2.75) is 44.5 Å². The number of hydrazine groups is 1. The van der Waals surface area contributed by atoms with Gasteiger partial charge in [0.1, 0.15) is 11.9 Å². The van der Waals surface area contributed by atoms with Crippen LogP contribution in [0.1, 0.15) is 35.6 Å². The lowest BCUT2D eigenvalue weighted by Gasteiger charge is -2.29. The van der Waals surface area contributed by atoms with Gasteiger partial charge in [0, 0.05) is 36.5 Å². The molecular weight excluding hydrogens is 540 g/mol. The Labute approximate surface area is 242 Å². The number of azide groups is 1. The number of hydrogen-bond acceptors (Lipinski definition) is 9. The summed E-state index contributed by atoms with van der Waals surface area (Å²) in [6, 6.07) is 20.3. The molecule has 2 aliphatic rings. The molecule has 3 N–H and O–H groups in total. The van der Waals surface area contributed by atoms with Gasteiger partial charge in [0.25, 0.3) is 5.91 Å². The van der Waals surface area contributed by atoms with Crippen molar-refractivity contribution in [2.75, 3.05) is 20.0 Å². The van der Waals surface area contributed by atoms with Gasteiger partial charge in [-0.05, 0) is 65.5 Å². The first kappa shape index (κ1) is 28.7. The molecule has 2 atom stereocenters. The van der Waals surface area contributed by atoms with Crippen molar-refractivity contribution in [2.24, 2.45) is 10.1 Å². The summed E-state index contributed by atoms with van der Waals surface area (Å²) in [7, 11) is 0. The standard InChI is InChI=1S/C30H32N6O6/c1-20-30(16-23-5-2-3-6-24(23)18-33-36-31,29(38)35-32-17-21-7-12-26-27(15-21)41-19-40-26)34-28(42-20)22-8-10-25(11-9-22)39-14-4-13-37/h2-3,5-12,15,20,32,37H,4,13-14,16-19H2,1H3,(H,35,38)/t20-,30-/m0/s1. The summed E-state index contributed by atoms with van der Waals surface area (Å²) in [4.78, 5) is 21.7. The fraction of sp³-hybridized carbons (Fsp3) is 0.333. The van der Waals surface area contributed by atoms with Crippen LogP contribution in [0.5, 0.6) is 17.2 Å². The van der Waals surface area contributed by atoms with E-state index in [1.807, 2.05) is 61.5 Å². The maximum atomic E-state index is 13.9. The van der Waals surface area contributed by atoms with Crippen LogP contribution in [0.2, 0.25) is 0 Å². The van der Waals surface area contributed by atoms with Gasteiger partial charge in [-0.25, -0.2) is 10.4 Å². The largest absolute Gasteiger partial charge is 0.494 e. The lowest BCUT2D eigenvalue weighted by molar-refractivity contribution is -0.129. The van der Waals surface area contributed by atoms with Crippen LogP contribution in [0, 0.1) is 0 Å². The SMILES string of the molecule is C[C@@H]1OC(c2ccc(OCCCO)cc2)=N[C@]1(Cc1ccccc1CN=[N+]=[N-])C(=O)NNCc1ccc2c(c1)OCO2. The maximum absolute atomic E-state index is 13.9. The minimum absolute atomic E-state index is 0.0578. The maximum Gasteiger partial charge on any atom is 0.266 e. The van der Waals surface area contributed by atoms with E-state index < -0.39 is 11.6 Å². The van der Waals surface area contributed by atoms with Crippen molar-refractivity contribution in [1.82, 2.24) is 10.9 Å². The van der Waals surface area contributed by atoms with Crippen molar-refractivity contribution in [3.63, 3.8) is 0 Å². The molecule has 0 saturated heterocycles. The summed E-state index contributed by atoms with van der Waals surface area (Å²) in [5.74, 6) is 1.97. The van der Waals surface area contributed by atoms with Crippen LogP contribution in [0.3, 0.4) is 0 Å². The number of aliphatic hydroxyl groups is 1. The number of nitrogens with zero attached hydrogens (tertiary/aromatic N) is 4. The predicted molar refractivity (Wildman–Crippen MR) is 154 cm³/mol. The van der Waals surface area contributed by atoms with Gasteiger partial charge in [-0.1, -0.05) is 35.4 Å². The quantitative estimate of drug-likeness (QED) is 0.0919. The minimum Gasteiger partial charge on any atom is -0.494 e. The van der Waals surface area contributed by atoms with Gasteiger partial charge in [-0.2, -0.15) is 0 Å². The number of carbonyl (C=O) groups is 1. The summed E-state index contributed by atoms with van der Waals surface area (Å²) < 4.78 is 22.7. The Morgan fingerprint density at radius 3 is 2.71 bits per heavy atom. The molecule has 2 aliphatic heterocycles. The number of aliphatic imine (C=N–C) groups is 1. The van der Waals surface area contributed by atoms with Gasteiger partial charge in [-0.3, -0.25) is 10.2 Å². The Hall–Kier alpha value is -4.77. The van der Waals surface area contributed by atoms with E-state index in [2.05, 4.69) is 20.9 Å². The molecule has 3 aromatic carbocycles. The van der Waals surface area contributed by atoms with Gasteiger partial charge in [0.2, 0.25) is 12.7 Å². The summed E-state index contributed by atoms with van der Waals surface area (Å²) in [5.41, 5.74) is 16.6. The second-order valence-corrected chi connectivity index (χ2v) is 9.88. The average molecular weight is 573 g/mol. The van der Waals surface area contributed by atoms with Gasteiger partial charge in [0.15, 0.2) is 17.0 Å². The minimum atomic E-state index is -1.32. The van der Waals surface area contributed by atoms with Crippen molar-refractivity contribution in [3.8, 4) is 17.2 Å². The lowest BCUT2D eigenvalue weighted by Crippen LogP contribution is -2.55. The monoisotopic (exact) mass is 572 g/mol. The molecule has 12 nitrogen and oxygen atoms in total. The van der Waals surface area contributed by atoms with Crippen molar-refractivity contribution >= 4 is 11.8 Å². The Kier molecular flexibility index (Phi) is 9.08. The highest BCUT2D eigenvalue weighted by atomic mass is 16.7. The van der Waals surface area contributed by atoms with E-state index >= 15 is 0 Å². The van der Waals surface area contributed by atoms with Gasteiger partial charge in [-0.15, -0.1) is 0 Å². The van der Waals surface area contributed by atoms with E-state index in [1.165, 1.54) is 0 Å². The molecule has 0 spiro atoms. The zero-order valence-corrected chi connectivity index (χ0v) is 23.2. The molecular formula is C30H32N6O6. The van der Waals surface area contributed by atoms with Gasteiger partial charge in [0.05, 0.1) is 13.2 Å². The summed E-state index contributed by atoms with van der Waals surface area (Å²) in [6.07, 6.45) is 0.137. The Morgan fingerprint density at radius 1 is 1.14 bits per heavy atom. The molecule has 3 aromatic rings. The molecule has 2 heterocycles. The fourth-order valence-corrected chi connectivity index (χ4v) is 4.81.